The molecule has 6 heteroatoms. The van der Waals surface area contributed by atoms with Gasteiger partial charge in [0.2, 0.25) is 11.5 Å². The van der Waals surface area contributed by atoms with Crippen LogP contribution in [0, 0.1) is 0 Å². The average molecular weight is 312 g/mol. The van der Waals surface area contributed by atoms with Crippen molar-refractivity contribution in [1.82, 2.24) is 0 Å². The van der Waals surface area contributed by atoms with Crippen LogP contribution in [0.25, 0.3) is 6.08 Å². The first-order chi connectivity index (χ1) is 11.0. The molecule has 3 rings (SSSR count). The number of carbonyl (C=O) groups excluding carboxylic acids is 2. The fraction of sp³-hybridized carbons (Fsp3) is 0.0588. The van der Waals surface area contributed by atoms with Gasteiger partial charge in [0, 0.05) is 6.92 Å². The van der Waals surface area contributed by atoms with Crippen molar-refractivity contribution >= 4 is 17.8 Å². The number of ketones is 1. The number of carbonyl (C=O) groups is 2. The normalized spacial score (nSPS) is 14.5. The Kier molecular flexibility index (Phi) is 3.50. The lowest BCUT2D eigenvalue weighted by Gasteiger charge is -2.03. The molecule has 23 heavy (non-hydrogen) atoms. The van der Waals surface area contributed by atoms with Gasteiger partial charge in [-0.2, -0.15) is 0 Å². The van der Waals surface area contributed by atoms with Gasteiger partial charge in [0.05, 0.1) is 5.56 Å². The van der Waals surface area contributed by atoms with Crippen molar-refractivity contribution in [3.63, 3.8) is 0 Å². The van der Waals surface area contributed by atoms with Crippen LogP contribution >= 0.6 is 0 Å². The van der Waals surface area contributed by atoms with Gasteiger partial charge in [-0.15, -0.1) is 0 Å². The van der Waals surface area contributed by atoms with Gasteiger partial charge in [0.25, 0.3) is 0 Å². The van der Waals surface area contributed by atoms with Crippen molar-refractivity contribution in [2.45, 2.75) is 6.92 Å². The molecule has 0 saturated heterocycles. The Morgan fingerprint density at radius 2 is 1.83 bits per heavy atom. The molecule has 2 N–H and O–H groups in total. The van der Waals surface area contributed by atoms with E-state index < -0.39 is 11.7 Å². The van der Waals surface area contributed by atoms with Gasteiger partial charge in [0.15, 0.2) is 17.3 Å². The van der Waals surface area contributed by atoms with Gasteiger partial charge < -0.3 is 19.7 Å². The van der Waals surface area contributed by atoms with E-state index in [0.717, 1.165) is 0 Å². The van der Waals surface area contributed by atoms with Crippen LogP contribution in [0.3, 0.4) is 0 Å². The summed E-state index contributed by atoms with van der Waals surface area (Å²) in [5, 5.41) is 19.2. The van der Waals surface area contributed by atoms with Gasteiger partial charge in [-0.05, 0) is 35.9 Å². The van der Waals surface area contributed by atoms with Crippen LogP contribution < -0.4 is 9.47 Å². The molecular weight excluding hydrogens is 300 g/mol. The van der Waals surface area contributed by atoms with Crippen LogP contribution in [0.4, 0.5) is 0 Å². The number of ether oxygens (including phenoxy) is 2. The Labute approximate surface area is 131 Å². The molecule has 0 aliphatic carbocycles. The number of benzene rings is 2. The second-order valence-electron chi connectivity index (χ2n) is 4.91. The van der Waals surface area contributed by atoms with E-state index in [0.29, 0.717) is 11.3 Å². The summed E-state index contributed by atoms with van der Waals surface area (Å²) in [6.07, 6.45) is 1.50. The molecule has 0 amide bonds. The number of hydrogen-bond acceptors (Lipinski definition) is 6. The fourth-order valence-corrected chi connectivity index (χ4v) is 2.18. The Morgan fingerprint density at radius 1 is 1.13 bits per heavy atom. The van der Waals surface area contributed by atoms with E-state index >= 15 is 0 Å². The molecule has 0 spiro atoms. The molecule has 2 aromatic rings. The number of rotatable bonds is 2. The predicted molar refractivity (Wildman–Crippen MR) is 80.5 cm³/mol. The second-order valence-corrected chi connectivity index (χ2v) is 4.91. The van der Waals surface area contributed by atoms with Crippen molar-refractivity contribution in [3.8, 4) is 23.0 Å². The minimum Gasteiger partial charge on any atom is -0.504 e. The van der Waals surface area contributed by atoms with E-state index in [2.05, 4.69) is 0 Å². The molecule has 116 valence electrons. The van der Waals surface area contributed by atoms with Crippen LogP contribution in [0.2, 0.25) is 0 Å². The van der Waals surface area contributed by atoms with E-state index in [1.165, 1.54) is 25.1 Å². The van der Waals surface area contributed by atoms with Gasteiger partial charge in [0.1, 0.15) is 5.75 Å². The predicted octanol–water partition coefficient (Wildman–Crippen LogP) is 2.64. The monoisotopic (exact) mass is 312 g/mol. The maximum Gasteiger partial charge on any atom is 0.308 e. The third-order valence-electron chi connectivity index (χ3n) is 3.23. The standard InChI is InChI=1S/C17H12O6/c1-9(18)22-11-4-2-10(3-5-11)8-14-15(20)12-6-7-13(19)16(21)17(12)23-14/h2-8,19,21H,1H3/b14-8+. The maximum absolute atomic E-state index is 12.2. The highest BCUT2D eigenvalue weighted by Gasteiger charge is 2.31. The second kappa shape index (κ2) is 5.49. The number of phenolic OH excluding ortho intramolecular Hbond substituents is 2. The average Bonchev–Trinajstić information content (AvgIpc) is 2.82. The summed E-state index contributed by atoms with van der Waals surface area (Å²) < 4.78 is 10.3. The fourth-order valence-electron chi connectivity index (χ4n) is 2.18. The number of phenols is 2. The zero-order valence-corrected chi connectivity index (χ0v) is 12.1. The van der Waals surface area contributed by atoms with Crippen molar-refractivity contribution in [2.75, 3.05) is 0 Å². The zero-order valence-electron chi connectivity index (χ0n) is 12.1. The van der Waals surface area contributed by atoms with E-state index in [1.54, 1.807) is 24.3 Å². The summed E-state index contributed by atoms with van der Waals surface area (Å²) in [6, 6.07) is 9.10. The minimum absolute atomic E-state index is 0.0288. The highest BCUT2D eigenvalue weighted by molar-refractivity contribution is 6.15. The lowest BCUT2D eigenvalue weighted by molar-refractivity contribution is -0.131. The summed E-state index contributed by atoms with van der Waals surface area (Å²) in [5.74, 6) is -1.27. The molecule has 0 bridgehead atoms. The Morgan fingerprint density at radius 3 is 2.48 bits per heavy atom. The van der Waals surface area contributed by atoms with Crippen molar-refractivity contribution in [1.29, 1.82) is 0 Å². The number of hydrogen-bond donors (Lipinski definition) is 2. The Bertz CT molecular complexity index is 833. The minimum atomic E-state index is -0.468. The SMILES string of the molecule is CC(=O)Oc1ccc(/C=C2/Oc3c(ccc(O)c3O)C2=O)cc1. The van der Waals surface area contributed by atoms with E-state index in [4.69, 9.17) is 9.47 Å². The molecule has 1 aliphatic rings. The van der Waals surface area contributed by atoms with Crippen LogP contribution in [0.1, 0.15) is 22.8 Å². The molecule has 0 saturated carbocycles. The summed E-state index contributed by atoms with van der Waals surface area (Å²) in [5.41, 5.74) is 0.837. The molecule has 0 unspecified atom stereocenters. The topological polar surface area (TPSA) is 93.1 Å². The van der Waals surface area contributed by atoms with Crippen LogP contribution in [-0.2, 0) is 4.79 Å². The molecule has 6 nitrogen and oxygen atoms in total. The van der Waals surface area contributed by atoms with Crippen molar-refractivity contribution in [3.05, 3.63) is 53.3 Å². The number of esters is 1. The Balaban J connectivity index is 1.88. The van der Waals surface area contributed by atoms with Crippen molar-refractivity contribution in [2.24, 2.45) is 0 Å². The molecule has 0 fully saturated rings. The van der Waals surface area contributed by atoms with Crippen LogP contribution in [0.5, 0.6) is 23.0 Å². The van der Waals surface area contributed by atoms with E-state index in [9.17, 15) is 19.8 Å². The molecule has 1 aliphatic heterocycles. The van der Waals surface area contributed by atoms with Gasteiger partial charge >= 0.3 is 5.97 Å². The molecular formula is C17H12O6. The van der Waals surface area contributed by atoms with Crippen LogP contribution in [-0.4, -0.2) is 22.0 Å². The summed E-state index contributed by atoms with van der Waals surface area (Å²) >= 11 is 0. The summed E-state index contributed by atoms with van der Waals surface area (Å²) in [6.45, 7) is 1.31. The lowest BCUT2D eigenvalue weighted by atomic mass is 10.1. The highest BCUT2D eigenvalue weighted by Crippen LogP contribution is 2.44. The quantitative estimate of drug-likeness (QED) is 0.383. The molecule has 0 atom stereocenters. The zero-order chi connectivity index (χ0) is 16.6. The first kappa shape index (κ1) is 14.6. The number of allylic oxidation sites excluding steroid dienone is 1. The first-order valence-corrected chi connectivity index (χ1v) is 6.73. The highest BCUT2D eigenvalue weighted by atomic mass is 16.5. The summed E-state index contributed by atoms with van der Waals surface area (Å²) in [4.78, 5) is 23.1. The molecule has 2 aromatic carbocycles. The molecule has 0 aromatic heterocycles. The van der Waals surface area contributed by atoms with Gasteiger partial charge in [-0.3, -0.25) is 9.59 Å². The number of Topliss-reactive ketones (excluding diaryl/α,β-unsaturated/α-hetero) is 1. The largest absolute Gasteiger partial charge is 0.504 e. The number of aromatic hydroxyl groups is 2. The molecule has 0 radical (unpaired) electrons. The maximum atomic E-state index is 12.2. The third-order valence-corrected chi connectivity index (χ3v) is 3.23. The number of fused-ring (bicyclic) bond motifs is 1. The van der Waals surface area contributed by atoms with Crippen molar-refractivity contribution < 1.29 is 29.3 Å². The first-order valence-electron chi connectivity index (χ1n) is 6.73. The summed E-state index contributed by atoms with van der Waals surface area (Å²) in [7, 11) is 0. The van der Waals surface area contributed by atoms with E-state index in [-0.39, 0.29) is 28.6 Å². The Hall–Kier alpha value is -3.28. The molecule has 1 heterocycles. The van der Waals surface area contributed by atoms with E-state index in [1.807, 2.05) is 0 Å². The third kappa shape index (κ3) is 2.74. The van der Waals surface area contributed by atoms with Gasteiger partial charge in [-0.25, -0.2) is 0 Å². The smallest absolute Gasteiger partial charge is 0.308 e. The van der Waals surface area contributed by atoms with Gasteiger partial charge in [-0.1, -0.05) is 12.1 Å². The van der Waals surface area contributed by atoms with Crippen LogP contribution in [0.15, 0.2) is 42.2 Å². The lowest BCUT2D eigenvalue weighted by Crippen LogP contribution is -2.01.